The molecule has 0 bridgehead atoms. The normalized spacial score (nSPS) is 17.9. The first-order valence-corrected chi connectivity index (χ1v) is 9.01. The van der Waals surface area contributed by atoms with Gasteiger partial charge in [0.15, 0.2) is 5.96 Å². The number of rotatable bonds is 7. The highest BCUT2D eigenvalue weighted by Gasteiger charge is 2.25. The van der Waals surface area contributed by atoms with E-state index >= 15 is 0 Å². The highest BCUT2D eigenvalue weighted by atomic mass is 127. The maximum atomic E-state index is 4.47. The van der Waals surface area contributed by atoms with Crippen molar-refractivity contribution in [3.63, 3.8) is 0 Å². The highest BCUT2D eigenvalue weighted by Crippen LogP contribution is 2.26. The van der Waals surface area contributed by atoms with Gasteiger partial charge in [0, 0.05) is 32.6 Å². The van der Waals surface area contributed by atoms with Crippen LogP contribution in [-0.2, 0) is 0 Å². The van der Waals surface area contributed by atoms with E-state index in [1.807, 2.05) is 7.05 Å². The molecule has 0 saturated carbocycles. The minimum Gasteiger partial charge on any atom is -0.356 e. The summed E-state index contributed by atoms with van der Waals surface area (Å²) in [6, 6.07) is 10.9. The molecule has 4 nitrogen and oxygen atoms in total. The number of guanidine groups is 1. The molecule has 1 aliphatic heterocycles. The summed E-state index contributed by atoms with van der Waals surface area (Å²) in [4.78, 5) is 9.33. The molecular formula is C19H33IN4. The standard InChI is InChI=1S/C19H32N4.HI/c1-4-22(5-2)14-9-13-21-19(20-3)23-15-12-18(16-23)17-10-7-6-8-11-17;/h6-8,10-11,18H,4-5,9,12-16H2,1-3H3,(H,20,21);1H. The number of hydrogen-bond donors (Lipinski definition) is 1. The first-order valence-electron chi connectivity index (χ1n) is 9.01. The van der Waals surface area contributed by atoms with Crippen molar-refractivity contribution in [3.05, 3.63) is 35.9 Å². The van der Waals surface area contributed by atoms with Gasteiger partial charge in [-0.05, 0) is 38.0 Å². The number of nitrogens with zero attached hydrogens (tertiary/aromatic N) is 3. The average Bonchev–Trinajstić information content (AvgIpc) is 3.09. The molecule has 0 amide bonds. The Morgan fingerprint density at radius 2 is 1.96 bits per heavy atom. The lowest BCUT2D eigenvalue weighted by Gasteiger charge is -2.23. The summed E-state index contributed by atoms with van der Waals surface area (Å²) in [6.07, 6.45) is 2.38. The third kappa shape index (κ3) is 6.24. The molecule has 1 aromatic rings. The summed E-state index contributed by atoms with van der Waals surface area (Å²) in [7, 11) is 1.89. The molecule has 0 aromatic heterocycles. The zero-order valence-corrected chi connectivity index (χ0v) is 17.7. The van der Waals surface area contributed by atoms with E-state index < -0.39 is 0 Å². The van der Waals surface area contributed by atoms with E-state index in [4.69, 9.17) is 0 Å². The number of nitrogens with one attached hydrogen (secondary N) is 1. The molecule has 1 unspecified atom stereocenters. The molecule has 0 aliphatic carbocycles. The van der Waals surface area contributed by atoms with Gasteiger partial charge >= 0.3 is 0 Å². The van der Waals surface area contributed by atoms with Gasteiger partial charge in [-0.3, -0.25) is 4.99 Å². The van der Waals surface area contributed by atoms with Gasteiger partial charge in [0.1, 0.15) is 0 Å². The molecule has 1 heterocycles. The molecule has 1 aromatic carbocycles. The Balaban J connectivity index is 0.00000288. The summed E-state index contributed by atoms with van der Waals surface area (Å²) < 4.78 is 0. The number of aliphatic imine (C=N–C) groups is 1. The lowest BCUT2D eigenvalue weighted by atomic mass is 9.99. The fourth-order valence-corrected chi connectivity index (χ4v) is 3.32. The van der Waals surface area contributed by atoms with Crippen LogP contribution in [0.5, 0.6) is 0 Å². The Kier molecular flexibility index (Phi) is 10.3. The van der Waals surface area contributed by atoms with Gasteiger partial charge in [0.25, 0.3) is 0 Å². The van der Waals surface area contributed by atoms with Crippen molar-refractivity contribution < 1.29 is 0 Å². The number of hydrogen-bond acceptors (Lipinski definition) is 2. The monoisotopic (exact) mass is 444 g/mol. The largest absolute Gasteiger partial charge is 0.356 e. The van der Waals surface area contributed by atoms with Crippen LogP contribution in [0.1, 0.15) is 38.2 Å². The Labute approximate surface area is 164 Å². The fourth-order valence-electron chi connectivity index (χ4n) is 3.32. The molecule has 2 rings (SSSR count). The first kappa shape index (κ1) is 21.2. The van der Waals surface area contributed by atoms with Crippen LogP contribution in [-0.4, -0.2) is 62.1 Å². The van der Waals surface area contributed by atoms with E-state index in [0.717, 1.165) is 51.6 Å². The molecule has 1 aliphatic rings. The van der Waals surface area contributed by atoms with Gasteiger partial charge in [0.05, 0.1) is 0 Å². The number of halogens is 1. The smallest absolute Gasteiger partial charge is 0.193 e. The van der Waals surface area contributed by atoms with Gasteiger partial charge in [-0.15, -0.1) is 24.0 Å². The summed E-state index contributed by atoms with van der Waals surface area (Å²) in [5.74, 6) is 1.69. The predicted octanol–water partition coefficient (Wildman–Crippen LogP) is 3.40. The maximum absolute atomic E-state index is 4.47. The third-order valence-corrected chi connectivity index (χ3v) is 4.80. The molecule has 24 heavy (non-hydrogen) atoms. The molecule has 1 saturated heterocycles. The Bertz CT molecular complexity index is 474. The molecule has 1 fully saturated rings. The zero-order valence-electron chi connectivity index (χ0n) is 15.4. The van der Waals surface area contributed by atoms with Crippen LogP contribution in [0.3, 0.4) is 0 Å². The van der Waals surface area contributed by atoms with Gasteiger partial charge in [-0.25, -0.2) is 0 Å². The van der Waals surface area contributed by atoms with E-state index in [2.05, 4.69) is 64.3 Å². The lowest BCUT2D eigenvalue weighted by molar-refractivity contribution is 0.299. The average molecular weight is 444 g/mol. The van der Waals surface area contributed by atoms with Crippen molar-refractivity contribution in [2.45, 2.75) is 32.6 Å². The van der Waals surface area contributed by atoms with Crippen LogP contribution in [0.2, 0.25) is 0 Å². The molecule has 0 radical (unpaired) electrons. The van der Waals surface area contributed by atoms with Crippen molar-refractivity contribution in [1.82, 2.24) is 15.1 Å². The van der Waals surface area contributed by atoms with Crippen LogP contribution in [0, 0.1) is 0 Å². The minimum atomic E-state index is 0. The lowest BCUT2D eigenvalue weighted by Crippen LogP contribution is -2.41. The summed E-state index contributed by atoms with van der Waals surface area (Å²) in [5.41, 5.74) is 1.45. The van der Waals surface area contributed by atoms with E-state index in [1.54, 1.807) is 0 Å². The quantitative estimate of drug-likeness (QED) is 0.303. The van der Waals surface area contributed by atoms with Crippen molar-refractivity contribution >= 4 is 29.9 Å². The van der Waals surface area contributed by atoms with Gasteiger partial charge in [-0.2, -0.15) is 0 Å². The number of benzene rings is 1. The Morgan fingerprint density at radius 1 is 1.25 bits per heavy atom. The molecular weight excluding hydrogens is 411 g/mol. The predicted molar refractivity (Wildman–Crippen MR) is 115 cm³/mol. The topological polar surface area (TPSA) is 30.9 Å². The van der Waals surface area contributed by atoms with Crippen LogP contribution in [0.15, 0.2) is 35.3 Å². The Hall–Kier alpha value is -0.820. The van der Waals surface area contributed by atoms with E-state index in [1.165, 1.54) is 12.0 Å². The molecule has 5 heteroatoms. The third-order valence-electron chi connectivity index (χ3n) is 4.80. The van der Waals surface area contributed by atoms with Crippen LogP contribution in [0.25, 0.3) is 0 Å². The fraction of sp³-hybridized carbons (Fsp3) is 0.632. The van der Waals surface area contributed by atoms with E-state index in [-0.39, 0.29) is 24.0 Å². The SMILES string of the molecule is CCN(CC)CCCNC(=NC)N1CCC(c2ccccc2)C1.I. The van der Waals surface area contributed by atoms with E-state index in [9.17, 15) is 0 Å². The van der Waals surface area contributed by atoms with Gasteiger partial charge < -0.3 is 15.1 Å². The van der Waals surface area contributed by atoms with Crippen LogP contribution < -0.4 is 5.32 Å². The molecule has 1 N–H and O–H groups in total. The highest BCUT2D eigenvalue weighted by molar-refractivity contribution is 14.0. The van der Waals surface area contributed by atoms with Crippen molar-refractivity contribution in [1.29, 1.82) is 0 Å². The summed E-state index contributed by atoms with van der Waals surface area (Å²) in [6.45, 7) is 11.0. The molecule has 0 spiro atoms. The van der Waals surface area contributed by atoms with Gasteiger partial charge in [-0.1, -0.05) is 44.2 Å². The van der Waals surface area contributed by atoms with Crippen LogP contribution in [0.4, 0.5) is 0 Å². The van der Waals surface area contributed by atoms with Crippen molar-refractivity contribution in [3.8, 4) is 0 Å². The Morgan fingerprint density at radius 3 is 2.58 bits per heavy atom. The van der Waals surface area contributed by atoms with Crippen LogP contribution >= 0.6 is 24.0 Å². The van der Waals surface area contributed by atoms with Crippen molar-refractivity contribution in [2.24, 2.45) is 4.99 Å². The second-order valence-corrected chi connectivity index (χ2v) is 6.20. The van der Waals surface area contributed by atoms with Gasteiger partial charge in [0.2, 0.25) is 0 Å². The molecule has 1 atom stereocenters. The zero-order chi connectivity index (χ0) is 16.5. The minimum absolute atomic E-state index is 0. The molecule has 136 valence electrons. The van der Waals surface area contributed by atoms with Crippen molar-refractivity contribution in [2.75, 3.05) is 46.3 Å². The second kappa shape index (κ2) is 11.7. The number of likely N-dealkylation sites (tertiary alicyclic amines) is 1. The van der Waals surface area contributed by atoms with E-state index in [0.29, 0.717) is 5.92 Å². The summed E-state index contributed by atoms with van der Waals surface area (Å²) >= 11 is 0. The first-order chi connectivity index (χ1) is 11.3. The summed E-state index contributed by atoms with van der Waals surface area (Å²) in [5, 5.41) is 3.54. The maximum Gasteiger partial charge on any atom is 0.193 e. The second-order valence-electron chi connectivity index (χ2n) is 6.20.